The van der Waals surface area contributed by atoms with Crippen LogP contribution in [0.15, 0.2) is 48.8 Å². The van der Waals surface area contributed by atoms with Crippen molar-refractivity contribution in [2.75, 3.05) is 11.4 Å². The molecule has 0 unspecified atom stereocenters. The van der Waals surface area contributed by atoms with Crippen molar-refractivity contribution in [2.45, 2.75) is 38.3 Å². The summed E-state index contributed by atoms with van der Waals surface area (Å²) in [6, 6.07) is 9.22. The van der Waals surface area contributed by atoms with Crippen LogP contribution in [-0.4, -0.2) is 46.4 Å². The first-order chi connectivity index (χ1) is 13.5. The summed E-state index contributed by atoms with van der Waals surface area (Å²) in [6.45, 7) is 4.58. The van der Waals surface area contributed by atoms with Crippen LogP contribution in [0.3, 0.4) is 0 Å². The Kier molecular flexibility index (Phi) is 4.58. The standard InChI is InChI=1S/C21H22N4O3/c1-13(2)14-5-7-16(8-6-14)25-20(27)18-17(23-21(25)28)9-11-24(18)19(26)15-4-3-10-22-12-15/h3-8,10,12-13,17-18H,9,11H2,1-2H3,(H,23,28)/t17-,18+/m1/s1. The third kappa shape index (κ3) is 3.02. The molecule has 0 spiro atoms. The van der Waals surface area contributed by atoms with E-state index in [4.69, 9.17) is 0 Å². The number of amides is 4. The van der Waals surface area contributed by atoms with Crippen LogP contribution < -0.4 is 10.2 Å². The number of anilines is 1. The predicted octanol–water partition coefficient (Wildman–Crippen LogP) is 2.54. The number of nitrogens with zero attached hydrogens (tertiary/aromatic N) is 3. The molecule has 1 N–H and O–H groups in total. The number of carbonyl (C=O) groups excluding carboxylic acids is 3. The first-order valence-corrected chi connectivity index (χ1v) is 9.43. The molecule has 2 aliphatic rings. The van der Waals surface area contributed by atoms with E-state index in [0.717, 1.165) is 10.5 Å². The molecule has 2 aliphatic heterocycles. The molecule has 2 aromatic rings. The Morgan fingerprint density at radius 3 is 2.57 bits per heavy atom. The number of likely N-dealkylation sites (tertiary alicyclic amines) is 1. The highest BCUT2D eigenvalue weighted by molar-refractivity contribution is 6.19. The number of fused-ring (bicyclic) bond motifs is 1. The Morgan fingerprint density at radius 1 is 1.18 bits per heavy atom. The number of benzene rings is 1. The zero-order chi connectivity index (χ0) is 19.8. The highest BCUT2D eigenvalue weighted by Crippen LogP contribution is 2.29. The number of hydrogen-bond acceptors (Lipinski definition) is 4. The van der Waals surface area contributed by atoms with Crippen LogP contribution in [0.5, 0.6) is 0 Å². The molecule has 7 heteroatoms. The summed E-state index contributed by atoms with van der Waals surface area (Å²) in [5.41, 5.74) is 2.06. The van der Waals surface area contributed by atoms with E-state index < -0.39 is 12.1 Å². The first kappa shape index (κ1) is 18.2. The van der Waals surface area contributed by atoms with Crippen molar-refractivity contribution in [3.05, 3.63) is 59.9 Å². The van der Waals surface area contributed by atoms with E-state index >= 15 is 0 Å². The topological polar surface area (TPSA) is 82.6 Å². The minimum absolute atomic E-state index is 0.250. The molecule has 2 saturated heterocycles. The lowest BCUT2D eigenvalue weighted by Crippen LogP contribution is -2.65. The molecule has 144 valence electrons. The molecular formula is C21H22N4O3. The van der Waals surface area contributed by atoms with Gasteiger partial charge in [-0.15, -0.1) is 0 Å². The molecule has 28 heavy (non-hydrogen) atoms. The van der Waals surface area contributed by atoms with Crippen LogP contribution in [0, 0.1) is 0 Å². The van der Waals surface area contributed by atoms with Crippen LogP contribution in [0.25, 0.3) is 0 Å². The summed E-state index contributed by atoms with van der Waals surface area (Å²) < 4.78 is 0. The normalized spacial score (nSPS) is 21.7. The number of aromatic nitrogens is 1. The SMILES string of the molecule is CC(C)c1ccc(N2C(=O)N[C@@H]3CCN(C(=O)c4cccnc4)[C@@H]3C2=O)cc1. The van der Waals surface area contributed by atoms with E-state index in [1.54, 1.807) is 35.4 Å². The second-order valence-electron chi connectivity index (χ2n) is 7.45. The number of nitrogens with one attached hydrogen (secondary N) is 1. The summed E-state index contributed by atoms with van der Waals surface area (Å²) in [7, 11) is 0. The van der Waals surface area contributed by atoms with Crippen LogP contribution in [-0.2, 0) is 4.79 Å². The fraction of sp³-hybridized carbons (Fsp3) is 0.333. The van der Waals surface area contributed by atoms with Crippen LogP contribution >= 0.6 is 0 Å². The van der Waals surface area contributed by atoms with Crippen LogP contribution in [0.1, 0.15) is 42.1 Å². The zero-order valence-electron chi connectivity index (χ0n) is 15.8. The third-order valence-electron chi connectivity index (χ3n) is 5.37. The van der Waals surface area contributed by atoms with E-state index in [-0.39, 0.29) is 17.9 Å². The molecule has 0 radical (unpaired) electrons. The molecule has 0 saturated carbocycles. The fourth-order valence-electron chi connectivity index (χ4n) is 3.84. The maximum Gasteiger partial charge on any atom is 0.329 e. The van der Waals surface area contributed by atoms with Gasteiger partial charge >= 0.3 is 6.03 Å². The largest absolute Gasteiger partial charge is 0.332 e. The third-order valence-corrected chi connectivity index (χ3v) is 5.37. The second-order valence-corrected chi connectivity index (χ2v) is 7.45. The molecule has 1 aromatic heterocycles. The molecule has 4 amide bonds. The molecule has 1 aromatic carbocycles. The number of urea groups is 1. The molecule has 7 nitrogen and oxygen atoms in total. The predicted molar refractivity (Wildman–Crippen MR) is 104 cm³/mol. The number of rotatable bonds is 3. The summed E-state index contributed by atoms with van der Waals surface area (Å²) in [5, 5.41) is 2.89. The van der Waals surface area contributed by atoms with E-state index in [0.29, 0.717) is 30.1 Å². The number of hydrogen-bond donors (Lipinski definition) is 1. The zero-order valence-corrected chi connectivity index (χ0v) is 15.8. The molecule has 2 fully saturated rings. The van der Waals surface area contributed by atoms with E-state index in [1.807, 2.05) is 12.1 Å². The Labute approximate surface area is 163 Å². The van der Waals surface area contributed by atoms with E-state index in [2.05, 4.69) is 24.1 Å². The average Bonchev–Trinajstić information content (AvgIpc) is 3.12. The summed E-state index contributed by atoms with van der Waals surface area (Å²) >= 11 is 0. The van der Waals surface area contributed by atoms with Gasteiger partial charge < -0.3 is 10.2 Å². The average molecular weight is 378 g/mol. The van der Waals surface area contributed by atoms with Crippen molar-refractivity contribution in [1.82, 2.24) is 15.2 Å². The summed E-state index contributed by atoms with van der Waals surface area (Å²) in [6.07, 6.45) is 3.64. The molecule has 3 heterocycles. The fourth-order valence-corrected chi connectivity index (χ4v) is 3.84. The summed E-state index contributed by atoms with van der Waals surface area (Å²) in [4.78, 5) is 45.4. The van der Waals surface area contributed by atoms with Gasteiger partial charge in [0.05, 0.1) is 17.3 Å². The van der Waals surface area contributed by atoms with Gasteiger partial charge in [0.25, 0.3) is 11.8 Å². The van der Waals surface area contributed by atoms with Crippen molar-refractivity contribution in [3.8, 4) is 0 Å². The Hall–Kier alpha value is -3.22. The molecule has 4 rings (SSSR count). The van der Waals surface area contributed by atoms with Gasteiger partial charge in [-0.05, 0) is 42.2 Å². The smallest absolute Gasteiger partial charge is 0.329 e. The van der Waals surface area contributed by atoms with E-state index in [1.165, 1.54) is 6.20 Å². The van der Waals surface area contributed by atoms with Gasteiger partial charge in [0.15, 0.2) is 0 Å². The van der Waals surface area contributed by atoms with Crippen molar-refractivity contribution in [3.63, 3.8) is 0 Å². The minimum Gasteiger partial charge on any atom is -0.332 e. The molecule has 0 aliphatic carbocycles. The van der Waals surface area contributed by atoms with Crippen LogP contribution in [0.2, 0.25) is 0 Å². The molecule has 0 bridgehead atoms. The minimum atomic E-state index is -0.713. The van der Waals surface area contributed by atoms with Crippen molar-refractivity contribution in [2.24, 2.45) is 0 Å². The second kappa shape index (κ2) is 7.07. The number of imide groups is 1. The van der Waals surface area contributed by atoms with Gasteiger partial charge in [0.2, 0.25) is 0 Å². The summed E-state index contributed by atoms with van der Waals surface area (Å²) in [5.74, 6) is -0.271. The number of carbonyl (C=O) groups is 3. The monoisotopic (exact) mass is 378 g/mol. The van der Waals surface area contributed by atoms with Crippen molar-refractivity contribution >= 4 is 23.5 Å². The van der Waals surface area contributed by atoms with Gasteiger partial charge in [-0.2, -0.15) is 0 Å². The maximum atomic E-state index is 13.2. The van der Waals surface area contributed by atoms with Gasteiger partial charge in [0.1, 0.15) is 6.04 Å². The quantitative estimate of drug-likeness (QED) is 0.890. The lowest BCUT2D eigenvalue weighted by molar-refractivity contribution is -0.122. The van der Waals surface area contributed by atoms with Crippen molar-refractivity contribution < 1.29 is 14.4 Å². The highest BCUT2D eigenvalue weighted by Gasteiger charge is 2.50. The Morgan fingerprint density at radius 2 is 1.93 bits per heavy atom. The molecule has 2 atom stereocenters. The Bertz CT molecular complexity index is 911. The maximum absolute atomic E-state index is 13.2. The highest BCUT2D eigenvalue weighted by atomic mass is 16.2. The lowest BCUT2D eigenvalue weighted by atomic mass is 10.0. The van der Waals surface area contributed by atoms with Gasteiger partial charge in [-0.1, -0.05) is 26.0 Å². The van der Waals surface area contributed by atoms with Gasteiger partial charge in [0, 0.05) is 18.9 Å². The van der Waals surface area contributed by atoms with Crippen molar-refractivity contribution in [1.29, 1.82) is 0 Å². The number of pyridine rings is 1. The van der Waals surface area contributed by atoms with Gasteiger partial charge in [-0.25, -0.2) is 9.69 Å². The molecular weight excluding hydrogens is 356 g/mol. The lowest BCUT2D eigenvalue weighted by Gasteiger charge is -2.37. The van der Waals surface area contributed by atoms with Crippen LogP contribution in [0.4, 0.5) is 10.5 Å². The Balaban J connectivity index is 1.62. The van der Waals surface area contributed by atoms with Gasteiger partial charge in [-0.3, -0.25) is 14.6 Å². The van der Waals surface area contributed by atoms with E-state index in [9.17, 15) is 14.4 Å². The first-order valence-electron chi connectivity index (χ1n) is 9.43.